The van der Waals surface area contributed by atoms with Gasteiger partial charge in [-0.1, -0.05) is 30.3 Å². The van der Waals surface area contributed by atoms with Crippen molar-refractivity contribution in [2.24, 2.45) is 0 Å². The lowest BCUT2D eigenvalue weighted by atomic mass is 9.94. The zero-order valence-electron chi connectivity index (χ0n) is 11.4. The highest BCUT2D eigenvalue weighted by atomic mass is 16.2. The van der Waals surface area contributed by atoms with E-state index in [2.05, 4.69) is 19.2 Å². The molecule has 1 atom stereocenters. The number of hydrogen-bond acceptors (Lipinski definition) is 2. The van der Waals surface area contributed by atoms with Gasteiger partial charge in [-0.2, -0.15) is 0 Å². The summed E-state index contributed by atoms with van der Waals surface area (Å²) in [6, 6.07) is 10.0. The van der Waals surface area contributed by atoms with E-state index in [1.54, 1.807) is 0 Å². The molecule has 3 nitrogen and oxygen atoms in total. The Morgan fingerprint density at radius 2 is 2.00 bits per heavy atom. The first-order chi connectivity index (χ1) is 8.52. The van der Waals surface area contributed by atoms with Gasteiger partial charge in [0, 0.05) is 25.2 Å². The number of rotatable bonds is 2. The first kappa shape index (κ1) is 13.1. The summed E-state index contributed by atoms with van der Waals surface area (Å²) in [5, 5.41) is 3.34. The highest BCUT2D eigenvalue weighted by molar-refractivity contribution is 5.84. The summed E-state index contributed by atoms with van der Waals surface area (Å²) in [6.45, 7) is 8.78. The summed E-state index contributed by atoms with van der Waals surface area (Å²) in [7, 11) is 0. The zero-order valence-corrected chi connectivity index (χ0v) is 11.4. The van der Waals surface area contributed by atoms with Gasteiger partial charge in [-0.3, -0.25) is 4.79 Å². The second-order valence-corrected chi connectivity index (χ2v) is 5.61. The summed E-state index contributed by atoms with van der Waals surface area (Å²) in [6.07, 6.45) is 0. The summed E-state index contributed by atoms with van der Waals surface area (Å²) in [5.74, 6) is 0.163. The van der Waals surface area contributed by atoms with E-state index in [1.807, 2.05) is 42.2 Å². The van der Waals surface area contributed by atoms with E-state index >= 15 is 0 Å². The van der Waals surface area contributed by atoms with Crippen molar-refractivity contribution in [2.75, 3.05) is 19.6 Å². The molecule has 1 aromatic carbocycles. The molecule has 1 amide bonds. The van der Waals surface area contributed by atoms with Gasteiger partial charge in [0.05, 0.1) is 5.92 Å². The van der Waals surface area contributed by atoms with E-state index in [9.17, 15) is 4.79 Å². The lowest BCUT2D eigenvalue weighted by molar-refractivity contribution is -0.139. The van der Waals surface area contributed by atoms with Crippen LogP contribution >= 0.6 is 0 Å². The van der Waals surface area contributed by atoms with Crippen molar-refractivity contribution in [1.82, 2.24) is 10.2 Å². The van der Waals surface area contributed by atoms with Crippen LogP contribution in [-0.4, -0.2) is 36.0 Å². The number of benzene rings is 1. The molecule has 2 rings (SSSR count). The van der Waals surface area contributed by atoms with Crippen molar-refractivity contribution >= 4 is 5.91 Å². The molecule has 1 saturated heterocycles. The average Bonchev–Trinajstić information content (AvgIpc) is 2.37. The molecule has 1 aliphatic heterocycles. The van der Waals surface area contributed by atoms with Crippen LogP contribution in [0.2, 0.25) is 0 Å². The third-order valence-electron chi connectivity index (χ3n) is 3.74. The van der Waals surface area contributed by atoms with Crippen LogP contribution in [0.3, 0.4) is 0 Å². The van der Waals surface area contributed by atoms with Crippen LogP contribution in [0.4, 0.5) is 0 Å². The SMILES string of the molecule is CC(C(=O)N1CCNCC1(C)C)c1ccccc1. The first-order valence-electron chi connectivity index (χ1n) is 6.59. The van der Waals surface area contributed by atoms with Crippen LogP contribution in [-0.2, 0) is 4.79 Å². The normalized spacial score (nSPS) is 20.5. The molecule has 0 saturated carbocycles. The number of nitrogens with zero attached hydrogens (tertiary/aromatic N) is 1. The van der Waals surface area contributed by atoms with Crippen molar-refractivity contribution in [2.45, 2.75) is 32.2 Å². The number of carbonyl (C=O) groups excluding carboxylic acids is 1. The molecular formula is C15H22N2O. The summed E-state index contributed by atoms with van der Waals surface area (Å²) >= 11 is 0. The van der Waals surface area contributed by atoms with Crippen LogP contribution in [0, 0.1) is 0 Å². The molecule has 0 bridgehead atoms. The van der Waals surface area contributed by atoms with Crippen LogP contribution in [0.25, 0.3) is 0 Å². The molecule has 1 aromatic rings. The van der Waals surface area contributed by atoms with Gasteiger partial charge in [0.1, 0.15) is 0 Å². The van der Waals surface area contributed by atoms with Gasteiger partial charge in [-0.25, -0.2) is 0 Å². The second kappa shape index (κ2) is 5.11. The lowest BCUT2D eigenvalue weighted by Crippen LogP contribution is -2.60. The van der Waals surface area contributed by atoms with Gasteiger partial charge in [0.15, 0.2) is 0 Å². The minimum Gasteiger partial charge on any atom is -0.335 e. The fourth-order valence-corrected chi connectivity index (χ4v) is 2.51. The van der Waals surface area contributed by atoms with Gasteiger partial charge < -0.3 is 10.2 Å². The molecule has 0 aliphatic carbocycles. The maximum absolute atomic E-state index is 12.6. The quantitative estimate of drug-likeness (QED) is 0.865. The average molecular weight is 246 g/mol. The third-order valence-corrected chi connectivity index (χ3v) is 3.74. The standard InChI is InChI=1S/C15H22N2O/c1-12(13-7-5-4-6-8-13)14(18)17-10-9-16-11-15(17,2)3/h4-8,12,16H,9-11H2,1-3H3. The Hall–Kier alpha value is -1.35. The van der Waals surface area contributed by atoms with Gasteiger partial charge >= 0.3 is 0 Å². The Labute approximate surface area is 109 Å². The van der Waals surface area contributed by atoms with Crippen molar-refractivity contribution in [3.8, 4) is 0 Å². The highest BCUT2D eigenvalue weighted by Crippen LogP contribution is 2.24. The molecule has 1 unspecified atom stereocenters. The molecule has 0 aromatic heterocycles. The molecule has 98 valence electrons. The highest BCUT2D eigenvalue weighted by Gasteiger charge is 2.35. The van der Waals surface area contributed by atoms with E-state index in [0.717, 1.165) is 25.2 Å². The van der Waals surface area contributed by atoms with Crippen LogP contribution in [0.5, 0.6) is 0 Å². The minimum absolute atomic E-state index is 0.0661. The second-order valence-electron chi connectivity index (χ2n) is 5.61. The zero-order chi connectivity index (χ0) is 13.2. The predicted molar refractivity (Wildman–Crippen MR) is 73.5 cm³/mol. The molecule has 1 N–H and O–H groups in total. The molecule has 1 aliphatic rings. The smallest absolute Gasteiger partial charge is 0.230 e. The molecule has 3 heteroatoms. The fraction of sp³-hybridized carbons (Fsp3) is 0.533. The predicted octanol–water partition coefficient (Wildman–Crippen LogP) is 2.00. The van der Waals surface area contributed by atoms with Crippen LogP contribution in [0.15, 0.2) is 30.3 Å². The van der Waals surface area contributed by atoms with Gasteiger partial charge in [0.2, 0.25) is 5.91 Å². The monoisotopic (exact) mass is 246 g/mol. The Balaban J connectivity index is 2.16. The van der Waals surface area contributed by atoms with Gasteiger partial charge in [0.25, 0.3) is 0 Å². The Morgan fingerprint density at radius 3 is 2.61 bits per heavy atom. The first-order valence-corrected chi connectivity index (χ1v) is 6.59. The van der Waals surface area contributed by atoms with Crippen LogP contribution in [0.1, 0.15) is 32.3 Å². The summed E-state index contributed by atoms with van der Waals surface area (Å²) in [5.41, 5.74) is 0.995. The van der Waals surface area contributed by atoms with E-state index in [0.29, 0.717) is 0 Å². The van der Waals surface area contributed by atoms with E-state index in [4.69, 9.17) is 0 Å². The third kappa shape index (κ3) is 2.56. The number of carbonyl (C=O) groups is 1. The van der Waals surface area contributed by atoms with Crippen LogP contribution < -0.4 is 5.32 Å². The maximum atomic E-state index is 12.6. The maximum Gasteiger partial charge on any atom is 0.230 e. The van der Waals surface area contributed by atoms with E-state index in [1.165, 1.54) is 0 Å². The number of nitrogens with one attached hydrogen (secondary N) is 1. The Kier molecular flexibility index (Phi) is 3.71. The van der Waals surface area contributed by atoms with Crippen molar-refractivity contribution < 1.29 is 4.79 Å². The van der Waals surface area contributed by atoms with E-state index < -0.39 is 0 Å². The molecular weight excluding hydrogens is 224 g/mol. The largest absolute Gasteiger partial charge is 0.335 e. The Morgan fingerprint density at radius 1 is 1.33 bits per heavy atom. The topological polar surface area (TPSA) is 32.3 Å². The fourth-order valence-electron chi connectivity index (χ4n) is 2.51. The van der Waals surface area contributed by atoms with Gasteiger partial charge in [-0.05, 0) is 26.3 Å². The molecule has 1 heterocycles. The lowest BCUT2D eigenvalue weighted by Gasteiger charge is -2.44. The number of hydrogen-bond donors (Lipinski definition) is 1. The molecule has 0 radical (unpaired) electrons. The number of piperazine rings is 1. The van der Waals surface area contributed by atoms with Crippen molar-refractivity contribution in [3.63, 3.8) is 0 Å². The summed E-state index contributed by atoms with van der Waals surface area (Å²) in [4.78, 5) is 14.6. The van der Waals surface area contributed by atoms with E-state index in [-0.39, 0.29) is 17.4 Å². The minimum atomic E-state index is -0.0988. The van der Waals surface area contributed by atoms with Gasteiger partial charge in [-0.15, -0.1) is 0 Å². The van der Waals surface area contributed by atoms with Crippen molar-refractivity contribution in [1.29, 1.82) is 0 Å². The Bertz CT molecular complexity index is 414. The van der Waals surface area contributed by atoms with Crippen molar-refractivity contribution in [3.05, 3.63) is 35.9 Å². The number of amides is 1. The molecule has 1 fully saturated rings. The summed E-state index contributed by atoms with van der Waals surface area (Å²) < 4.78 is 0. The molecule has 18 heavy (non-hydrogen) atoms. The molecule has 0 spiro atoms.